The molecular weight excluding hydrogens is 533 g/mol. The van der Waals surface area contributed by atoms with Crippen LogP contribution in [0.5, 0.6) is 5.75 Å². The van der Waals surface area contributed by atoms with E-state index in [1.807, 2.05) is 47.4 Å². The molecular formula is C31H29ClFN3O4. The van der Waals surface area contributed by atoms with Crippen molar-refractivity contribution in [1.82, 2.24) is 9.47 Å². The van der Waals surface area contributed by atoms with Crippen molar-refractivity contribution < 1.29 is 19.0 Å². The Morgan fingerprint density at radius 2 is 1.68 bits per heavy atom. The average Bonchev–Trinajstić information content (AvgIpc) is 3.81. The third kappa shape index (κ3) is 4.71. The number of carboxylic acid groups (broad SMARTS) is 1. The first-order valence-corrected chi connectivity index (χ1v) is 13.7. The lowest BCUT2D eigenvalue weighted by Crippen LogP contribution is -2.48. The van der Waals surface area contributed by atoms with E-state index in [4.69, 9.17) is 16.3 Å². The fraction of sp³-hybridized carbons (Fsp3) is 0.290. The van der Waals surface area contributed by atoms with Gasteiger partial charge in [0, 0.05) is 43.4 Å². The van der Waals surface area contributed by atoms with Crippen LogP contribution in [-0.4, -0.2) is 53.8 Å². The fourth-order valence-corrected chi connectivity index (χ4v) is 5.95. The lowest BCUT2D eigenvalue weighted by Gasteiger charge is -2.41. The lowest BCUT2D eigenvalue weighted by atomic mass is 9.96. The highest BCUT2D eigenvalue weighted by atomic mass is 35.5. The van der Waals surface area contributed by atoms with Gasteiger partial charge in [0.1, 0.15) is 11.3 Å². The maximum Gasteiger partial charge on any atom is 0.341 e. The summed E-state index contributed by atoms with van der Waals surface area (Å²) in [7, 11) is 1.47. The maximum atomic E-state index is 15.8. The number of methoxy groups -OCH3 is 1. The summed E-state index contributed by atoms with van der Waals surface area (Å²) < 4.78 is 23.4. The topological polar surface area (TPSA) is 75.0 Å². The number of nitrogens with zero attached hydrogens (tertiary/aromatic N) is 3. The second kappa shape index (κ2) is 10.6. The first kappa shape index (κ1) is 26.3. The Hall–Kier alpha value is -3.88. The number of carboxylic acids is 1. The van der Waals surface area contributed by atoms with Gasteiger partial charge >= 0.3 is 5.97 Å². The molecule has 1 saturated carbocycles. The van der Waals surface area contributed by atoms with Gasteiger partial charge in [-0.3, -0.25) is 9.69 Å². The van der Waals surface area contributed by atoms with Gasteiger partial charge in [0.2, 0.25) is 5.43 Å². The van der Waals surface area contributed by atoms with Crippen molar-refractivity contribution >= 4 is 34.2 Å². The SMILES string of the molecule is COc1c(N2CCN(C(c3ccccc3)c3ccc(Cl)cc3)CC2)c(F)cc2c(=O)c(C(=O)O)cn(C3CC3)c12. The van der Waals surface area contributed by atoms with Crippen molar-refractivity contribution in [3.8, 4) is 5.75 Å². The van der Waals surface area contributed by atoms with Gasteiger partial charge in [-0.05, 0) is 42.2 Å². The molecule has 2 fully saturated rings. The van der Waals surface area contributed by atoms with E-state index in [-0.39, 0.29) is 28.8 Å². The Morgan fingerprint density at radius 1 is 1.02 bits per heavy atom. The number of carbonyl (C=O) groups is 1. The molecule has 2 heterocycles. The van der Waals surface area contributed by atoms with Crippen LogP contribution in [0.3, 0.4) is 0 Å². The minimum absolute atomic E-state index is 0.0125. The predicted octanol–water partition coefficient (Wildman–Crippen LogP) is 5.75. The molecule has 1 aliphatic carbocycles. The van der Waals surface area contributed by atoms with Crippen molar-refractivity contribution in [3.05, 3.63) is 105 Å². The second-order valence-electron chi connectivity index (χ2n) is 10.3. The summed E-state index contributed by atoms with van der Waals surface area (Å²) in [5, 5.41) is 10.3. The van der Waals surface area contributed by atoms with Crippen molar-refractivity contribution in [2.45, 2.75) is 24.9 Å². The Balaban J connectivity index is 1.37. The number of ether oxygens (including phenoxy) is 1. The molecule has 40 heavy (non-hydrogen) atoms. The average molecular weight is 562 g/mol. The molecule has 1 aliphatic heterocycles. The zero-order chi connectivity index (χ0) is 28.0. The van der Waals surface area contributed by atoms with Crippen LogP contribution in [0.25, 0.3) is 10.9 Å². The van der Waals surface area contributed by atoms with Crippen molar-refractivity contribution in [2.24, 2.45) is 0 Å². The second-order valence-corrected chi connectivity index (χ2v) is 10.8. The minimum atomic E-state index is -1.32. The number of aromatic nitrogens is 1. The van der Waals surface area contributed by atoms with Crippen LogP contribution in [0.15, 0.2) is 71.7 Å². The Morgan fingerprint density at radius 3 is 2.27 bits per heavy atom. The van der Waals surface area contributed by atoms with Crippen molar-refractivity contribution in [3.63, 3.8) is 0 Å². The van der Waals surface area contributed by atoms with E-state index in [1.54, 1.807) is 4.57 Å². The molecule has 7 nitrogen and oxygen atoms in total. The molecule has 1 saturated heterocycles. The van der Waals surface area contributed by atoms with E-state index in [2.05, 4.69) is 17.0 Å². The minimum Gasteiger partial charge on any atom is -0.492 e. The largest absolute Gasteiger partial charge is 0.492 e. The van der Waals surface area contributed by atoms with Crippen LogP contribution in [0.4, 0.5) is 10.1 Å². The molecule has 1 aromatic heterocycles. The first-order valence-electron chi connectivity index (χ1n) is 13.4. The molecule has 1 unspecified atom stereocenters. The quantitative estimate of drug-likeness (QED) is 0.310. The number of halogens is 2. The molecule has 3 aromatic carbocycles. The smallest absolute Gasteiger partial charge is 0.341 e. The number of aromatic carboxylic acids is 1. The number of fused-ring (bicyclic) bond motifs is 1. The molecule has 0 spiro atoms. The molecule has 206 valence electrons. The number of rotatable bonds is 7. The Bertz CT molecular complexity index is 1630. The van der Waals surface area contributed by atoms with E-state index < -0.39 is 17.2 Å². The van der Waals surface area contributed by atoms with Gasteiger partial charge in [0.25, 0.3) is 0 Å². The number of anilines is 1. The zero-order valence-corrected chi connectivity index (χ0v) is 22.8. The monoisotopic (exact) mass is 561 g/mol. The summed E-state index contributed by atoms with van der Waals surface area (Å²) in [6.07, 6.45) is 3.09. The molecule has 0 amide bonds. The number of piperazine rings is 1. The molecule has 1 N–H and O–H groups in total. The summed E-state index contributed by atoms with van der Waals surface area (Å²) in [6, 6.07) is 19.4. The van der Waals surface area contributed by atoms with Gasteiger partial charge in [-0.25, -0.2) is 9.18 Å². The van der Waals surface area contributed by atoms with Crippen LogP contribution >= 0.6 is 11.6 Å². The normalized spacial score (nSPS) is 16.7. The molecule has 0 radical (unpaired) electrons. The number of hydrogen-bond donors (Lipinski definition) is 1. The van der Waals surface area contributed by atoms with Crippen LogP contribution in [0.2, 0.25) is 5.02 Å². The fourth-order valence-electron chi connectivity index (χ4n) is 5.82. The van der Waals surface area contributed by atoms with E-state index in [0.717, 1.165) is 24.0 Å². The van der Waals surface area contributed by atoms with E-state index in [0.29, 0.717) is 42.4 Å². The molecule has 9 heteroatoms. The molecule has 2 aliphatic rings. The summed E-state index contributed by atoms with van der Waals surface area (Å²) in [6.45, 7) is 2.40. The molecule has 6 rings (SSSR count). The van der Waals surface area contributed by atoms with Gasteiger partial charge in [0.05, 0.1) is 24.1 Å². The number of pyridine rings is 1. The molecule has 1 atom stereocenters. The van der Waals surface area contributed by atoms with E-state index in [1.165, 1.54) is 19.4 Å². The standard InChI is InChI=1S/C31H29ClFN3O4/c1-40-30-27-23(29(37)24(31(38)39)18-36(27)22-11-12-22)17-25(33)28(30)35-15-13-34(14-16-35)26(19-5-3-2-4-6-19)20-7-9-21(32)10-8-20/h2-10,17-18,22,26H,11-16H2,1H3,(H,38,39). The zero-order valence-electron chi connectivity index (χ0n) is 22.0. The van der Waals surface area contributed by atoms with Gasteiger partial charge in [-0.2, -0.15) is 0 Å². The van der Waals surface area contributed by atoms with Crippen molar-refractivity contribution in [1.29, 1.82) is 0 Å². The Kier molecular flexibility index (Phi) is 6.98. The molecule has 4 aromatic rings. The van der Waals surface area contributed by atoms with Crippen LogP contribution in [0.1, 0.15) is 46.4 Å². The van der Waals surface area contributed by atoms with Gasteiger partial charge in [-0.15, -0.1) is 0 Å². The predicted molar refractivity (Wildman–Crippen MR) is 153 cm³/mol. The third-order valence-electron chi connectivity index (χ3n) is 7.87. The summed E-state index contributed by atoms with van der Waals surface area (Å²) in [5.41, 5.74) is 1.96. The van der Waals surface area contributed by atoms with Crippen LogP contribution in [0, 0.1) is 5.82 Å². The summed E-state index contributed by atoms with van der Waals surface area (Å²) in [5.74, 6) is -1.66. The summed E-state index contributed by atoms with van der Waals surface area (Å²) in [4.78, 5) is 29.1. The Labute approximate surface area is 236 Å². The maximum absolute atomic E-state index is 15.8. The lowest BCUT2D eigenvalue weighted by molar-refractivity contribution is 0.0694. The number of benzene rings is 3. The first-order chi connectivity index (χ1) is 19.4. The van der Waals surface area contributed by atoms with Crippen LogP contribution in [-0.2, 0) is 0 Å². The van der Waals surface area contributed by atoms with Crippen LogP contribution < -0.4 is 15.1 Å². The summed E-state index contributed by atoms with van der Waals surface area (Å²) >= 11 is 6.17. The highest BCUT2D eigenvalue weighted by Crippen LogP contribution is 2.44. The van der Waals surface area contributed by atoms with E-state index >= 15 is 4.39 Å². The highest BCUT2D eigenvalue weighted by molar-refractivity contribution is 6.30. The third-order valence-corrected chi connectivity index (χ3v) is 8.12. The molecule has 0 bridgehead atoms. The van der Waals surface area contributed by atoms with E-state index in [9.17, 15) is 14.7 Å². The van der Waals surface area contributed by atoms with Gasteiger partial charge in [-0.1, -0.05) is 54.1 Å². The van der Waals surface area contributed by atoms with Gasteiger partial charge in [0.15, 0.2) is 11.6 Å². The van der Waals surface area contributed by atoms with Crippen molar-refractivity contribution in [2.75, 3.05) is 38.2 Å². The van der Waals surface area contributed by atoms with Gasteiger partial charge < -0.3 is 19.3 Å². The highest BCUT2D eigenvalue weighted by Gasteiger charge is 2.33. The number of hydrogen-bond acceptors (Lipinski definition) is 5.